The van der Waals surface area contributed by atoms with Crippen molar-refractivity contribution in [2.45, 2.75) is 12.2 Å². The van der Waals surface area contributed by atoms with Crippen LogP contribution in [-0.2, 0) is 0 Å². The number of nitrogens with zero attached hydrogens (tertiary/aromatic N) is 2. The lowest BCUT2D eigenvalue weighted by atomic mass is 10.1. The first-order valence-electron chi connectivity index (χ1n) is 3.76. The zero-order valence-corrected chi connectivity index (χ0v) is 7.12. The minimum atomic E-state index is -1.56. The number of hydrogen-bond acceptors (Lipinski definition) is 6. The van der Waals surface area contributed by atoms with E-state index in [-0.39, 0.29) is 17.1 Å². The molecule has 0 saturated carbocycles. The molecule has 6 nitrogen and oxygen atoms in total. The molecule has 0 bridgehead atoms. The molecule has 0 aliphatic rings. The zero-order valence-electron chi connectivity index (χ0n) is 7.12. The van der Waals surface area contributed by atoms with Crippen molar-refractivity contribution in [2.75, 3.05) is 5.73 Å². The van der Waals surface area contributed by atoms with Gasteiger partial charge in [-0.2, -0.15) is 5.26 Å². The second-order valence-electron chi connectivity index (χ2n) is 2.69. The summed E-state index contributed by atoms with van der Waals surface area (Å²) in [4.78, 5) is 3.56. The predicted octanol–water partition coefficient (Wildman–Crippen LogP) is -0.713. The van der Waals surface area contributed by atoms with Crippen LogP contribution in [0.25, 0.3) is 0 Å². The Morgan fingerprint density at radius 3 is 2.64 bits per heavy atom. The van der Waals surface area contributed by atoms with Crippen LogP contribution in [0.3, 0.4) is 0 Å². The van der Waals surface area contributed by atoms with Crippen molar-refractivity contribution in [3.63, 3.8) is 0 Å². The first-order chi connectivity index (χ1) is 6.56. The van der Waals surface area contributed by atoms with E-state index in [1.54, 1.807) is 0 Å². The standard InChI is InChI=1S/C8H9N3O3/c9-2-6(13)7(14)4-1-5(12)8(10)11-3-4/h1,3,6-7,12-14H,(H2,10,11). The van der Waals surface area contributed by atoms with Crippen LogP contribution in [0.2, 0.25) is 0 Å². The van der Waals surface area contributed by atoms with Crippen molar-refractivity contribution in [1.29, 1.82) is 5.26 Å². The van der Waals surface area contributed by atoms with Gasteiger partial charge in [0.1, 0.15) is 6.10 Å². The van der Waals surface area contributed by atoms with Gasteiger partial charge < -0.3 is 21.1 Å². The molecule has 1 aromatic rings. The number of aromatic hydroxyl groups is 1. The molecular formula is C8H9N3O3. The van der Waals surface area contributed by atoms with E-state index in [2.05, 4.69) is 4.98 Å². The highest BCUT2D eigenvalue weighted by Gasteiger charge is 2.18. The van der Waals surface area contributed by atoms with Gasteiger partial charge in [-0.25, -0.2) is 4.98 Å². The fourth-order valence-corrected chi connectivity index (χ4v) is 0.894. The Bertz CT molecular complexity index is 375. The van der Waals surface area contributed by atoms with Crippen LogP contribution in [-0.4, -0.2) is 26.4 Å². The van der Waals surface area contributed by atoms with Crippen molar-refractivity contribution < 1.29 is 15.3 Å². The van der Waals surface area contributed by atoms with E-state index in [9.17, 15) is 5.11 Å². The van der Waals surface area contributed by atoms with Gasteiger partial charge in [0.2, 0.25) is 0 Å². The Labute approximate surface area is 79.9 Å². The number of nitrogens with two attached hydrogens (primary N) is 1. The largest absolute Gasteiger partial charge is 0.504 e. The average Bonchev–Trinajstić information content (AvgIpc) is 2.20. The molecule has 6 heteroatoms. The fourth-order valence-electron chi connectivity index (χ4n) is 0.894. The number of nitriles is 1. The summed E-state index contributed by atoms with van der Waals surface area (Å²) in [7, 11) is 0. The van der Waals surface area contributed by atoms with E-state index in [1.165, 1.54) is 12.3 Å². The highest BCUT2D eigenvalue weighted by atomic mass is 16.3. The maximum Gasteiger partial charge on any atom is 0.170 e. The van der Waals surface area contributed by atoms with Gasteiger partial charge in [-0.05, 0) is 6.07 Å². The lowest BCUT2D eigenvalue weighted by Gasteiger charge is -2.11. The number of nitrogen functional groups attached to an aromatic ring is 1. The third-order valence-electron chi connectivity index (χ3n) is 1.69. The Morgan fingerprint density at radius 2 is 2.14 bits per heavy atom. The SMILES string of the molecule is N#CC(O)C(O)c1cnc(N)c(O)c1. The van der Waals surface area contributed by atoms with E-state index < -0.39 is 12.2 Å². The maximum absolute atomic E-state index is 9.34. The van der Waals surface area contributed by atoms with Crippen molar-refractivity contribution in [3.05, 3.63) is 17.8 Å². The summed E-state index contributed by atoms with van der Waals surface area (Å²) in [6.45, 7) is 0. The van der Waals surface area contributed by atoms with Gasteiger partial charge in [-0.1, -0.05) is 0 Å². The minimum absolute atomic E-state index is 0.0765. The molecule has 5 N–H and O–H groups in total. The third-order valence-corrected chi connectivity index (χ3v) is 1.69. The topological polar surface area (TPSA) is 123 Å². The maximum atomic E-state index is 9.34. The second-order valence-corrected chi connectivity index (χ2v) is 2.69. The van der Waals surface area contributed by atoms with Gasteiger partial charge in [0, 0.05) is 11.8 Å². The number of anilines is 1. The molecule has 0 spiro atoms. The highest BCUT2D eigenvalue weighted by molar-refractivity contribution is 5.46. The van der Waals surface area contributed by atoms with E-state index >= 15 is 0 Å². The lowest BCUT2D eigenvalue weighted by molar-refractivity contribution is 0.0524. The first-order valence-corrected chi connectivity index (χ1v) is 3.76. The fraction of sp³-hybridized carbons (Fsp3) is 0.250. The summed E-state index contributed by atoms with van der Waals surface area (Å²) in [6, 6.07) is 2.61. The summed E-state index contributed by atoms with van der Waals surface area (Å²) in [5, 5.41) is 35.8. The number of hydrogen-bond donors (Lipinski definition) is 4. The molecule has 1 aromatic heterocycles. The van der Waals surface area contributed by atoms with E-state index in [0.717, 1.165) is 6.07 Å². The molecule has 0 aliphatic carbocycles. The van der Waals surface area contributed by atoms with Crippen molar-refractivity contribution in [1.82, 2.24) is 4.98 Å². The molecule has 2 atom stereocenters. The van der Waals surface area contributed by atoms with E-state index in [4.69, 9.17) is 21.2 Å². The van der Waals surface area contributed by atoms with Gasteiger partial charge in [0.05, 0.1) is 6.07 Å². The zero-order chi connectivity index (χ0) is 10.7. The van der Waals surface area contributed by atoms with Crippen LogP contribution < -0.4 is 5.73 Å². The Morgan fingerprint density at radius 1 is 1.50 bits per heavy atom. The molecule has 14 heavy (non-hydrogen) atoms. The van der Waals surface area contributed by atoms with E-state index in [0.29, 0.717) is 0 Å². The van der Waals surface area contributed by atoms with Gasteiger partial charge in [-0.15, -0.1) is 0 Å². The first kappa shape index (κ1) is 10.2. The van der Waals surface area contributed by atoms with Crippen LogP contribution in [0.15, 0.2) is 12.3 Å². The minimum Gasteiger partial charge on any atom is -0.504 e. The van der Waals surface area contributed by atoms with Gasteiger partial charge in [0.25, 0.3) is 0 Å². The van der Waals surface area contributed by atoms with Gasteiger partial charge in [-0.3, -0.25) is 0 Å². The number of pyridine rings is 1. The van der Waals surface area contributed by atoms with Crippen molar-refractivity contribution in [2.24, 2.45) is 0 Å². The summed E-state index contributed by atoms with van der Waals surface area (Å²) in [5.41, 5.74) is 5.36. The van der Waals surface area contributed by atoms with Crippen LogP contribution >= 0.6 is 0 Å². The molecule has 0 aromatic carbocycles. The normalized spacial score (nSPS) is 14.4. The van der Waals surface area contributed by atoms with Gasteiger partial charge in [0.15, 0.2) is 17.7 Å². The molecule has 2 unspecified atom stereocenters. The summed E-state index contributed by atoms with van der Waals surface area (Å²) in [5.74, 6) is -0.376. The molecule has 0 radical (unpaired) electrons. The Balaban J connectivity index is 2.98. The number of rotatable bonds is 2. The number of aliphatic hydroxyl groups is 2. The van der Waals surface area contributed by atoms with Crippen LogP contribution in [0.4, 0.5) is 5.82 Å². The summed E-state index contributed by atoms with van der Waals surface area (Å²) < 4.78 is 0. The predicted molar refractivity (Wildman–Crippen MR) is 46.9 cm³/mol. The molecule has 0 saturated heterocycles. The summed E-state index contributed by atoms with van der Waals surface area (Å²) >= 11 is 0. The molecule has 74 valence electrons. The van der Waals surface area contributed by atoms with Gasteiger partial charge >= 0.3 is 0 Å². The summed E-state index contributed by atoms with van der Waals surface area (Å²) in [6.07, 6.45) is -1.78. The molecule has 1 heterocycles. The molecule has 0 fully saturated rings. The molecule has 0 aliphatic heterocycles. The molecular weight excluding hydrogens is 186 g/mol. The average molecular weight is 195 g/mol. The van der Waals surface area contributed by atoms with Crippen molar-refractivity contribution >= 4 is 5.82 Å². The number of aliphatic hydroxyl groups excluding tert-OH is 2. The van der Waals surface area contributed by atoms with Crippen LogP contribution in [0.1, 0.15) is 11.7 Å². The highest BCUT2D eigenvalue weighted by Crippen LogP contribution is 2.23. The quantitative estimate of drug-likeness (QED) is 0.462. The van der Waals surface area contributed by atoms with Crippen LogP contribution in [0, 0.1) is 11.3 Å². The monoisotopic (exact) mass is 195 g/mol. The third kappa shape index (κ3) is 1.90. The smallest absolute Gasteiger partial charge is 0.170 e. The van der Waals surface area contributed by atoms with E-state index in [1.807, 2.05) is 0 Å². The van der Waals surface area contributed by atoms with Crippen LogP contribution in [0.5, 0.6) is 5.75 Å². The van der Waals surface area contributed by atoms with Crippen molar-refractivity contribution in [3.8, 4) is 11.8 Å². The molecule has 1 rings (SSSR count). The second kappa shape index (κ2) is 3.91. The Hall–Kier alpha value is -1.84. The molecule has 0 amide bonds. The lowest BCUT2D eigenvalue weighted by Crippen LogP contribution is -2.16. The number of aromatic nitrogens is 1. The Kier molecular flexibility index (Phi) is 2.86.